The fourth-order valence-corrected chi connectivity index (χ4v) is 4.19. The standard InChI is InChI=1S/C27H26N4O2/c1-16(19-6-5-7-20(12-19)21-9-8-18-10-11-28-23(18)13-21)29-27-22-14-25(32-3)26(33-4)15-24(22)30-17(2)31-27/h5-16,28H,1-4H3,(H,29,30,31). The van der Waals surface area contributed by atoms with Crippen LogP contribution >= 0.6 is 0 Å². The second kappa shape index (κ2) is 8.47. The first-order valence-electron chi connectivity index (χ1n) is 10.9. The first kappa shape index (κ1) is 20.8. The third-order valence-corrected chi connectivity index (χ3v) is 5.94. The van der Waals surface area contributed by atoms with E-state index in [-0.39, 0.29) is 6.04 Å². The molecule has 0 bridgehead atoms. The zero-order valence-electron chi connectivity index (χ0n) is 19.1. The van der Waals surface area contributed by atoms with Crippen molar-refractivity contribution in [1.29, 1.82) is 0 Å². The van der Waals surface area contributed by atoms with Gasteiger partial charge in [-0.15, -0.1) is 0 Å². The molecule has 0 amide bonds. The minimum absolute atomic E-state index is 0.0322. The highest BCUT2D eigenvalue weighted by atomic mass is 16.5. The number of nitrogens with zero attached hydrogens (tertiary/aromatic N) is 2. The SMILES string of the molecule is COc1cc2nc(C)nc(NC(C)c3cccc(-c4ccc5cc[nH]c5c4)c3)c2cc1OC. The van der Waals surface area contributed by atoms with Crippen molar-refractivity contribution in [3.05, 3.63) is 78.2 Å². The predicted molar refractivity (Wildman–Crippen MR) is 133 cm³/mol. The van der Waals surface area contributed by atoms with Crippen molar-refractivity contribution in [1.82, 2.24) is 15.0 Å². The second-order valence-corrected chi connectivity index (χ2v) is 8.11. The number of H-pyrrole nitrogens is 1. The summed E-state index contributed by atoms with van der Waals surface area (Å²) < 4.78 is 10.9. The quantitative estimate of drug-likeness (QED) is 0.327. The summed E-state index contributed by atoms with van der Waals surface area (Å²) in [5.41, 5.74) is 5.47. The molecule has 0 saturated heterocycles. The molecule has 166 valence electrons. The van der Waals surface area contributed by atoms with E-state index in [0.29, 0.717) is 17.3 Å². The Morgan fingerprint density at radius 2 is 1.67 bits per heavy atom. The normalized spacial score (nSPS) is 12.1. The minimum Gasteiger partial charge on any atom is -0.493 e. The largest absolute Gasteiger partial charge is 0.493 e. The molecule has 0 radical (unpaired) electrons. The van der Waals surface area contributed by atoms with Gasteiger partial charge in [0.1, 0.15) is 11.6 Å². The molecule has 2 N–H and O–H groups in total. The van der Waals surface area contributed by atoms with Crippen LogP contribution in [0.4, 0.5) is 5.82 Å². The molecule has 0 aliphatic heterocycles. The maximum atomic E-state index is 5.50. The van der Waals surface area contributed by atoms with Crippen molar-refractivity contribution >= 4 is 27.6 Å². The molecule has 2 aromatic heterocycles. The first-order chi connectivity index (χ1) is 16.1. The number of aromatic nitrogens is 3. The fourth-order valence-electron chi connectivity index (χ4n) is 4.19. The molecule has 0 aliphatic rings. The van der Waals surface area contributed by atoms with E-state index in [2.05, 4.69) is 75.7 Å². The Labute approximate surface area is 192 Å². The van der Waals surface area contributed by atoms with Gasteiger partial charge in [-0.1, -0.05) is 30.3 Å². The lowest BCUT2D eigenvalue weighted by Crippen LogP contribution is -2.10. The summed E-state index contributed by atoms with van der Waals surface area (Å²) in [5, 5.41) is 5.68. The highest BCUT2D eigenvalue weighted by Gasteiger charge is 2.15. The molecule has 33 heavy (non-hydrogen) atoms. The fraction of sp³-hybridized carbons (Fsp3) is 0.185. The molecule has 6 heteroatoms. The maximum Gasteiger partial charge on any atom is 0.162 e. The van der Waals surface area contributed by atoms with Gasteiger partial charge in [-0.2, -0.15) is 0 Å². The zero-order valence-corrected chi connectivity index (χ0v) is 19.1. The number of hydrogen-bond acceptors (Lipinski definition) is 5. The van der Waals surface area contributed by atoms with Gasteiger partial charge in [-0.3, -0.25) is 0 Å². The molecular weight excluding hydrogens is 412 g/mol. The van der Waals surface area contributed by atoms with Gasteiger partial charge in [-0.05, 0) is 60.2 Å². The summed E-state index contributed by atoms with van der Waals surface area (Å²) in [7, 11) is 3.25. The van der Waals surface area contributed by atoms with Crippen LogP contribution in [0.15, 0.2) is 66.9 Å². The number of hydrogen-bond donors (Lipinski definition) is 2. The van der Waals surface area contributed by atoms with E-state index in [1.165, 1.54) is 22.1 Å². The smallest absolute Gasteiger partial charge is 0.162 e. The van der Waals surface area contributed by atoms with E-state index in [9.17, 15) is 0 Å². The summed E-state index contributed by atoms with van der Waals surface area (Å²) in [6.45, 7) is 4.03. The first-order valence-corrected chi connectivity index (χ1v) is 10.9. The Morgan fingerprint density at radius 1 is 0.879 bits per heavy atom. The summed E-state index contributed by atoms with van der Waals surface area (Å²) in [5.74, 6) is 2.75. The molecule has 6 nitrogen and oxygen atoms in total. The number of nitrogens with one attached hydrogen (secondary N) is 2. The Hall–Kier alpha value is -4.06. The molecular formula is C27H26N4O2. The van der Waals surface area contributed by atoms with Crippen LogP contribution in [0.5, 0.6) is 11.5 Å². The van der Waals surface area contributed by atoms with Crippen LogP contribution in [0.25, 0.3) is 32.9 Å². The van der Waals surface area contributed by atoms with Crippen LogP contribution in [0, 0.1) is 6.92 Å². The highest BCUT2D eigenvalue weighted by molar-refractivity contribution is 5.92. The van der Waals surface area contributed by atoms with Crippen molar-refractivity contribution in [2.75, 3.05) is 19.5 Å². The van der Waals surface area contributed by atoms with E-state index < -0.39 is 0 Å². The Morgan fingerprint density at radius 3 is 2.48 bits per heavy atom. The lowest BCUT2D eigenvalue weighted by molar-refractivity contribution is 0.356. The molecule has 5 rings (SSSR count). The van der Waals surface area contributed by atoms with E-state index in [0.717, 1.165) is 22.2 Å². The second-order valence-electron chi connectivity index (χ2n) is 8.11. The number of aromatic amines is 1. The monoisotopic (exact) mass is 438 g/mol. The van der Waals surface area contributed by atoms with Gasteiger partial charge in [0.2, 0.25) is 0 Å². The highest BCUT2D eigenvalue weighted by Crippen LogP contribution is 2.35. The summed E-state index contributed by atoms with van der Waals surface area (Å²) in [4.78, 5) is 12.6. The van der Waals surface area contributed by atoms with Crippen molar-refractivity contribution in [3.8, 4) is 22.6 Å². The van der Waals surface area contributed by atoms with Crippen molar-refractivity contribution < 1.29 is 9.47 Å². The lowest BCUT2D eigenvalue weighted by atomic mass is 9.99. The van der Waals surface area contributed by atoms with Crippen LogP contribution in [-0.2, 0) is 0 Å². The van der Waals surface area contributed by atoms with Crippen molar-refractivity contribution in [3.63, 3.8) is 0 Å². The molecule has 0 aliphatic carbocycles. The van der Waals surface area contributed by atoms with Crippen molar-refractivity contribution in [2.24, 2.45) is 0 Å². The molecule has 5 aromatic rings. The third kappa shape index (κ3) is 3.96. The maximum absolute atomic E-state index is 5.50. The average Bonchev–Trinajstić information content (AvgIpc) is 3.31. The van der Waals surface area contributed by atoms with E-state index in [4.69, 9.17) is 9.47 Å². The third-order valence-electron chi connectivity index (χ3n) is 5.94. The Balaban J connectivity index is 1.49. The van der Waals surface area contributed by atoms with E-state index in [1.54, 1.807) is 14.2 Å². The number of benzene rings is 3. The van der Waals surface area contributed by atoms with E-state index >= 15 is 0 Å². The minimum atomic E-state index is 0.0322. The number of aryl methyl sites for hydroxylation is 1. The van der Waals surface area contributed by atoms with Crippen LogP contribution < -0.4 is 14.8 Å². The zero-order chi connectivity index (χ0) is 22.9. The van der Waals surface area contributed by atoms with Crippen LogP contribution in [0.2, 0.25) is 0 Å². The number of ether oxygens (including phenoxy) is 2. The number of rotatable bonds is 6. The average molecular weight is 439 g/mol. The van der Waals surface area contributed by atoms with Crippen LogP contribution in [-0.4, -0.2) is 29.2 Å². The lowest BCUT2D eigenvalue weighted by Gasteiger charge is -2.18. The molecule has 3 aromatic carbocycles. The Bertz CT molecular complexity index is 1460. The van der Waals surface area contributed by atoms with Gasteiger partial charge in [-0.25, -0.2) is 9.97 Å². The molecule has 0 spiro atoms. The number of fused-ring (bicyclic) bond motifs is 2. The van der Waals surface area contributed by atoms with Crippen LogP contribution in [0.1, 0.15) is 24.4 Å². The number of anilines is 1. The molecule has 1 atom stereocenters. The Kier molecular flexibility index (Phi) is 5.34. The van der Waals surface area contributed by atoms with Gasteiger partial charge < -0.3 is 19.8 Å². The van der Waals surface area contributed by atoms with Gasteiger partial charge in [0, 0.05) is 29.2 Å². The van der Waals surface area contributed by atoms with Crippen LogP contribution in [0.3, 0.4) is 0 Å². The van der Waals surface area contributed by atoms with E-state index in [1.807, 2.05) is 25.3 Å². The molecule has 0 saturated carbocycles. The summed E-state index contributed by atoms with van der Waals surface area (Å²) in [6.07, 6.45) is 1.97. The summed E-state index contributed by atoms with van der Waals surface area (Å²) in [6, 6.07) is 21.0. The van der Waals surface area contributed by atoms with Gasteiger partial charge in [0.05, 0.1) is 19.7 Å². The molecule has 2 heterocycles. The topological polar surface area (TPSA) is 72.1 Å². The number of methoxy groups -OCH3 is 2. The molecule has 0 fully saturated rings. The molecule has 1 unspecified atom stereocenters. The van der Waals surface area contributed by atoms with Gasteiger partial charge in [0.25, 0.3) is 0 Å². The predicted octanol–water partition coefficient (Wildman–Crippen LogP) is 6.28. The van der Waals surface area contributed by atoms with Gasteiger partial charge >= 0.3 is 0 Å². The summed E-state index contributed by atoms with van der Waals surface area (Å²) >= 11 is 0. The van der Waals surface area contributed by atoms with Gasteiger partial charge in [0.15, 0.2) is 11.5 Å². The van der Waals surface area contributed by atoms with Crippen molar-refractivity contribution in [2.45, 2.75) is 19.9 Å².